The first-order chi connectivity index (χ1) is 10.7. The zero-order valence-corrected chi connectivity index (χ0v) is 12.7. The first kappa shape index (κ1) is 14.3. The molecule has 0 saturated heterocycles. The molecule has 2 heterocycles. The largest absolute Gasteiger partial charge is 0.464 e. The summed E-state index contributed by atoms with van der Waals surface area (Å²) in [7, 11) is 0. The van der Waals surface area contributed by atoms with Gasteiger partial charge in [0.05, 0.1) is 12.7 Å². The minimum atomic E-state index is -0.0947. The molecule has 2 aromatic heterocycles. The first-order valence-corrected chi connectivity index (χ1v) is 7.38. The number of fused-ring (bicyclic) bond motifs is 1. The average molecular weight is 294 g/mol. The molecule has 0 saturated carbocycles. The van der Waals surface area contributed by atoms with Gasteiger partial charge in [0.1, 0.15) is 11.4 Å². The number of furan rings is 1. The van der Waals surface area contributed by atoms with Crippen LogP contribution in [0.4, 0.5) is 5.82 Å². The molecule has 4 heteroatoms. The predicted octanol–water partition coefficient (Wildman–Crippen LogP) is 3.88. The minimum Gasteiger partial charge on any atom is -0.464 e. The molecule has 3 rings (SSSR count). The van der Waals surface area contributed by atoms with Crippen molar-refractivity contribution in [3.8, 4) is 0 Å². The number of pyridine rings is 1. The molecule has 112 valence electrons. The van der Waals surface area contributed by atoms with Gasteiger partial charge in [-0.2, -0.15) is 0 Å². The van der Waals surface area contributed by atoms with Crippen LogP contribution in [0.25, 0.3) is 11.0 Å². The van der Waals surface area contributed by atoms with E-state index >= 15 is 0 Å². The van der Waals surface area contributed by atoms with Crippen LogP contribution in [0.1, 0.15) is 23.7 Å². The van der Waals surface area contributed by atoms with Gasteiger partial charge in [0.15, 0.2) is 0 Å². The second kappa shape index (κ2) is 6.02. The lowest BCUT2D eigenvalue weighted by molar-refractivity contribution is -0.115. The molecule has 1 amide bonds. The Morgan fingerprint density at radius 2 is 2.14 bits per heavy atom. The van der Waals surface area contributed by atoms with Crippen LogP contribution in [-0.4, -0.2) is 10.9 Å². The fourth-order valence-corrected chi connectivity index (χ4v) is 2.46. The standard InChI is InChI=1S/C18H18N2O2/c1-3-13-7-8-16-15(9-13)14(11-22-16)10-18(21)20-17-6-4-5-12(2)19-17/h4-9,11H,3,10H2,1-2H3,(H,19,20,21). The summed E-state index contributed by atoms with van der Waals surface area (Å²) in [6.07, 6.45) is 2.89. The van der Waals surface area contributed by atoms with Crippen LogP contribution in [0.15, 0.2) is 47.1 Å². The maximum Gasteiger partial charge on any atom is 0.230 e. The smallest absolute Gasteiger partial charge is 0.230 e. The third-order valence-corrected chi connectivity index (χ3v) is 3.63. The number of nitrogens with zero attached hydrogens (tertiary/aromatic N) is 1. The Bertz CT molecular complexity index is 821. The normalized spacial score (nSPS) is 10.8. The molecule has 22 heavy (non-hydrogen) atoms. The number of rotatable bonds is 4. The van der Waals surface area contributed by atoms with E-state index in [4.69, 9.17) is 4.42 Å². The summed E-state index contributed by atoms with van der Waals surface area (Å²) in [4.78, 5) is 16.5. The maximum atomic E-state index is 12.2. The van der Waals surface area contributed by atoms with Gasteiger partial charge in [-0.25, -0.2) is 4.98 Å². The molecule has 0 fully saturated rings. The summed E-state index contributed by atoms with van der Waals surface area (Å²) >= 11 is 0. The minimum absolute atomic E-state index is 0.0947. The van der Waals surface area contributed by atoms with Gasteiger partial charge in [-0.1, -0.05) is 19.1 Å². The van der Waals surface area contributed by atoms with E-state index in [2.05, 4.69) is 23.3 Å². The van der Waals surface area contributed by atoms with Gasteiger partial charge in [-0.05, 0) is 43.2 Å². The summed E-state index contributed by atoms with van der Waals surface area (Å²) < 4.78 is 5.52. The zero-order chi connectivity index (χ0) is 15.5. The molecule has 1 aromatic carbocycles. The Balaban J connectivity index is 1.79. The van der Waals surface area contributed by atoms with Crippen LogP contribution in [0.5, 0.6) is 0 Å². The molecule has 0 aliphatic rings. The molecule has 4 nitrogen and oxygen atoms in total. The summed E-state index contributed by atoms with van der Waals surface area (Å²) in [5, 5.41) is 3.83. The molecule has 0 aliphatic heterocycles. The number of hydrogen-bond donors (Lipinski definition) is 1. The highest BCUT2D eigenvalue weighted by molar-refractivity contribution is 5.94. The number of nitrogens with one attached hydrogen (secondary N) is 1. The van der Waals surface area contributed by atoms with Crippen LogP contribution < -0.4 is 5.32 Å². The number of hydrogen-bond acceptors (Lipinski definition) is 3. The van der Waals surface area contributed by atoms with Crippen molar-refractivity contribution in [1.82, 2.24) is 4.98 Å². The number of carbonyl (C=O) groups is 1. The molecule has 3 aromatic rings. The number of anilines is 1. The van der Waals surface area contributed by atoms with E-state index in [1.54, 1.807) is 12.3 Å². The number of amides is 1. The van der Waals surface area contributed by atoms with Gasteiger partial charge in [0.2, 0.25) is 5.91 Å². The average Bonchev–Trinajstić information content (AvgIpc) is 2.89. The van der Waals surface area contributed by atoms with Gasteiger partial charge in [-0.15, -0.1) is 0 Å². The van der Waals surface area contributed by atoms with E-state index < -0.39 is 0 Å². The summed E-state index contributed by atoms with van der Waals surface area (Å²) in [6.45, 7) is 4.00. The van der Waals surface area contributed by atoms with Crippen molar-refractivity contribution in [2.24, 2.45) is 0 Å². The van der Waals surface area contributed by atoms with Gasteiger partial charge < -0.3 is 9.73 Å². The van der Waals surface area contributed by atoms with Gasteiger partial charge >= 0.3 is 0 Å². The SMILES string of the molecule is CCc1ccc2occ(CC(=O)Nc3cccc(C)n3)c2c1. The second-order valence-corrected chi connectivity index (χ2v) is 5.33. The summed E-state index contributed by atoms with van der Waals surface area (Å²) in [6, 6.07) is 11.6. The molecule has 0 radical (unpaired) electrons. The van der Waals surface area contributed by atoms with Crippen LogP contribution in [-0.2, 0) is 17.6 Å². The zero-order valence-electron chi connectivity index (χ0n) is 12.7. The van der Waals surface area contributed by atoms with Crippen molar-refractivity contribution in [1.29, 1.82) is 0 Å². The molecule has 0 unspecified atom stereocenters. The predicted molar refractivity (Wildman–Crippen MR) is 86.9 cm³/mol. The highest BCUT2D eigenvalue weighted by atomic mass is 16.3. The van der Waals surface area contributed by atoms with Crippen molar-refractivity contribution >= 4 is 22.7 Å². The van der Waals surface area contributed by atoms with Crippen molar-refractivity contribution in [3.63, 3.8) is 0 Å². The van der Waals surface area contributed by atoms with Crippen LogP contribution in [0.3, 0.4) is 0 Å². The van der Waals surface area contributed by atoms with Crippen molar-refractivity contribution < 1.29 is 9.21 Å². The van der Waals surface area contributed by atoms with Crippen molar-refractivity contribution in [2.45, 2.75) is 26.7 Å². The van der Waals surface area contributed by atoms with Crippen LogP contribution in [0.2, 0.25) is 0 Å². The lowest BCUT2D eigenvalue weighted by atomic mass is 10.1. The maximum absolute atomic E-state index is 12.2. The number of carbonyl (C=O) groups excluding carboxylic acids is 1. The van der Waals surface area contributed by atoms with E-state index in [9.17, 15) is 4.79 Å². The lowest BCUT2D eigenvalue weighted by Gasteiger charge is -2.04. The second-order valence-electron chi connectivity index (χ2n) is 5.33. The van der Waals surface area contributed by atoms with E-state index in [0.29, 0.717) is 5.82 Å². The molecule has 1 N–H and O–H groups in total. The molecule has 0 aliphatic carbocycles. The van der Waals surface area contributed by atoms with Gasteiger partial charge in [-0.3, -0.25) is 4.79 Å². The highest BCUT2D eigenvalue weighted by Crippen LogP contribution is 2.23. The summed E-state index contributed by atoms with van der Waals surface area (Å²) in [5.74, 6) is 0.481. The monoisotopic (exact) mass is 294 g/mol. The molecule has 0 bridgehead atoms. The van der Waals surface area contributed by atoms with Crippen LogP contribution in [0, 0.1) is 6.92 Å². The third-order valence-electron chi connectivity index (χ3n) is 3.63. The molecular formula is C18H18N2O2. The van der Waals surface area contributed by atoms with E-state index in [1.165, 1.54) is 5.56 Å². The van der Waals surface area contributed by atoms with Crippen molar-refractivity contribution in [3.05, 3.63) is 59.5 Å². The van der Waals surface area contributed by atoms with E-state index in [-0.39, 0.29) is 12.3 Å². The fourth-order valence-electron chi connectivity index (χ4n) is 2.46. The number of aromatic nitrogens is 1. The van der Waals surface area contributed by atoms with Crippen LogP contribution >= 0.6 is 0 Å². The van der Waals surface area contributed by atoms with Gasteiger partial charge in [0.25, 0.3) is 0 Å². The molecule has 0 spiro atoms. The Morgan fingerprint density at radius 3 is 2.91 bits per heavy atom. The van der Waals surface area contributed by atoms with E-state index in [1.807, 2.05) is 31.2 Å². The Morgan fingerprint density at radius 1 is 1.27 bits per heavy atom. The van der Waals surface area contributed by atoms with E-state index in [0.717, 1.165) is 28.6 Å². The molecular weight excluding hydrogens is 276 g/mol. The van der Waals surface area contributed by atoms with Gasteiger partial charge in [0, 0.05) is 16.6 Å². The number of aryl methyl sites for hydroxylation is 2. The Kier molecular flexibility index (Phi) is 3.92. The fraction of sp³-hybridized carbons (Fsp3) is 0.222. The van der Waals surface area contributed by atoms with Crippen molar-refractivity contribution in [2.75, 3.05) is 5.32 Å². The quantitative estimate of drug-likeness (QED) is 0.794. The Hall–Kier alpha value is -2.62. The topological polar surface area (TPSA) is 55.1 Å². The number of benzene rings is 1. The lowest BCUT2D eigenvalue weighted by Crippen LogP contribution is -2.15. The Labute approximate surface area is 129 Å². The molecule has 0 atom stereocenters. The first-order valence-electron chi connectivity index (χ1n) is 7.38. The summed E-state index contributed by atoms with van der Waals surface area (Å²) in [5.41, 5.74) is 3.82. The highest BCUT2D eigenvalue weighted by Gasteiger charge is 2.11. The third kappa shape index (κ3) is 3.01.